The molecule has 0 spiro atoms. The number of rotatable bonds is 14. The molecule has 0 fully saturated rings. The van der Waals surface area contributed by atoms with E-state index in [2.05, 4.69) is 434 Å². The van der Waals surface area contributed by atoms with Crippen molar-refractivity contribution in [3.8, 4) is 56.3 Å². The summed E-state index contributed by atoms with van der Waals surface area (Å²) in [7, 11) is 10.5. The Kier molecular flexibility index (Phi) is 26.6. The second-order valence-corrected chi connectivity index (χ2v) is 40.4. The van der Waals surface area contributed by atoms with Gasteiger partial charge in [-0.15, -0.1) is 0 Å². The Balaban J connectivity index is 0.000000122. The monoisotopic (exact) mass is 1780 g/mol. The Morgan fingerprint density at radius 1 is 0.261 bits per heavy atom. The van der Waals surface area contributed by atoms with Gasteiger partial charge in [0.2, 0.25) is 57.0 Å². The molecular weight excluding hydrogens is 1650 g/mol. The van der Waals surface area contributed by atoms with Gasteiger partial charge in [0.05, 0.1) is 27.8 Å². The minimum absolute atomic E-state index is 0.00890. The lowest BCUT2D eigenvalue weighted by atomic mass is 9.91. The largest absolute Gasteiger partial charge is 0.437 e. The maximum Gasteiger partial charge on any atom is 0.227 e. The molecule has 0 atom stereocenters. The van der Waals surface area contributed by atoms with Crippen molar-refractivity contribution in [2.24, 2.45) is 41.2 Å². The highest BCUT2D eigenvalue weighted by atomic mass is 16.4. The van der Waals surface area contributed by atoms with Crippen molar-refractivity contribution in [2.75, 3.05) is 0 Å². The van der Waals surface area contributed by atoms with Crippen molar-refractivity contribution in [1.82, 2.24) is 24.9 Å². The molecule has 0 amide bonds. The highest BCUT2D eigenvalue weighted by Gasteiger charge is 2.30. The molecule has 0 unspecified atom stereocenters. The van der Waals surface area contributed by atoms with Crippen molar-refractivity contribution in [3.05, 3.63) is 297 Å². The number of furan rings is 5. The maximum atomic E-state index is 6.36. The molecule has 0 aliphatic heterocycles. The number of fused-ring (bicyclic) bond motifs is 15. The fraction of sp³-hybridized carbons (Fsp3) is 0.328. The summed E-state index contributed by atoms with van der Waals surface area (Å²) < 4.78 is 42.5. The van der Waals surface area contributed by atoms with Crippen LogP contribution in [-0.2, 0) is 53.5 Å². The van der Waals surface area contributed by atoms with Crippen molar-refractivity contribution in [2.45, 2.75) is 220 Å². The van der Waals surface area contributed by atoms with Crippen molar-refractivity contribution in [1.29, 1.82) is 0 Å². The highest BCUT2D eigenvalue weighted by molar-refractivity contribution is 6.13. The molecule has 0 aliphatic rings. The fourth-order valence-corrected chi connectivity index (χ4v) is 18.5. The highest BCUT2D eigenvalue weighted by Crippen LogP contribution is 2.44. The fourth-order valence-electron chi connectivity index (χ4n) is 18.5. The Morgan fingerprint density at radius 2 is 0.515 bits per heavy atom. The summed E-state index contributed by atoms with van der Waals surface area (Å²) in [5.74, 6) is 3.49. The maximum absolute atomic E-state index is 6.36. The van der Waals surface area contributed by atoms with Crippen LogP contribution in [0.4, 0.5) is 0 Å². The predicted octanol–water partition coefficient (Wildman–Crippen LogP) is 29.0. The molecule has 134 heavy (non-hydrogen) atoms. The first-order valence-corrected chi connectivity index (χ1v) is 47.9. The van der Waals surface area contributed by atoms with Gasteiger partial charge in [0.15, 0.2) is 58.9 Å². The zero-order valence-corrected chi connectivity index (χ0v) is 84.2. The molecule has 0 bridgehead atoms. The van der Waals surface area contributed by atoms with Crippen molar-refractivity contribution in [3.63, 3.8) is 0 Å². The normalized spacial score (nSPS) is 12.0. The molecule has 0 radical (unpaired) electrons. The van der Waals surface area contributed by atoms with Crippen LogP contribution in [0.1, 0.15) is 244 Å². The first kappa shape index (κ1) is 93.8. The summed E-state index contributed by atoms with van der Waals surface area (Å²) in [6.45, 7) is 52.3. The first-order valence-electron chi connectivity index (χ1n) is 47.9. The topological polar surface area (TPSA) is 150 Å². The standard InChI is InChI=1S/2C25H29N2O.C24H27N2O.C23H25N2O.C22H23N2O/c1-15(2)17-9-12-20(27(7)14-17)22-16(3)8-10-18-19-11-13-21(25(4,5)6)26-24(19)28-23(18)22;1-15(2)13-19-9-11-21-20-10-7-17(5)23(24(20)28-25(21)26-19)22-12-8-18(16(3)4)14-27(22)6;1-14(2)17-8-12-21(26(6)13-17)22-16(5)7-9-18-19-10-11-20(15(3)4)25-24(19)27-23(18)22;1-6-17-9-11-19-18-10-7-15(4)21(22(18)26-23(19)24-17)20-12-8-16(14(2)3)13-25(20)5;1-13(2)16-8-11-19(24(5)12-16)20-14(3)6-9-17-18-10-7-15(4)23-22(18)25-21(17)20/h8-15H,1-7H3;7-12,14-16H,13H2,1-6H3;7-15H,1-6H3;7-14H,6H2,1-5H3;6-13H,1-5H3/q5*+1. The molecule has 15 aromatic heterocycles. The van der Waals surface area contributed by atoms with E-state index >= 15 is 0 Å². The molecule has 0 N–H and O–H groups in total. The van der Waals surface area contributed by atoms with Crippen LogP contribution in [-0.4, -0.2) is 24.9 Å². The number of nitrogens with zero attached hydrogens (tertiary/aromatic N) is 10. The van der Waals surface area contributed by atoms with Gasteiger partial charge in [0.25, 0.3) is 0 Å². The van der Waals surface area contributed by atoms with Gasteiger partial charge in [0.1, 0.15) is 35.2 Å². The van der Waals surface area contributed by atoms with E-state index in [0.717, 1.165) is 202 Å². The summed E-state index contributed by atoms with van der Waals surface area (Å²) in [5, 5.41) is 11.0. The number of benzene rings is 5. The smallest absolute Gasteiger partial charge is 0.227 e. The number of hydrogen-bond donors (Lipinski definition) is 0. The van der Waals surface area contributed by atoms with E-state index in [0.29, 0.717) is 47.1 Å². The Labute approximate surface area is 789 Å². The average molecular weight is 1780 g/mol. The summed E-state index contributed by atoms with van der Waals surface area (Å²) in [6, 6.07) is 64.9. The zero-order chi connectivity index (χ0) is 95.6. The molecule has 15 heterocycles. The summed E-state index contributed by atoms with van der Waals surface area (Å²) in [4.78, 5) is 23.6. The van der Waals surface area contributed by atoms with Crippen LogP contribution < -0.4 is 22.8 Å². The summed E-state index contributed by atoms with van der Waals surface area (Å²) in [6.07, 6.45) is 13.0. The lowest BCUT2D eigenvalue weighted by Crippen LogP contribution is -2.31. The van der Waals surface area contributed by atoms with Crippen LogP contribution in [0.25, 0.3) is 167 Å². The molecule has 20 aromatic rings. The van der Waals surface area contributed by atoms with Gasteiger partial charge in [-0.25, -0.2) is 47.8 Å². The molecule has 0 aliphatic carbocycles. The van der Waals surface area contributed by atoms with Crippen molar-refractivity contribution < 1.29 is 44.9 Å². The Bertz CT molecular complexity index is 7890. The third kappa shape index (κ3) is 18.5. The lowest BCUT2D eigenvalue weighted by molar-refractivity contribution is -0.661. The molecule has 20 rings (SSSR count). The predicted molar refractivity (Wildman–Crippen MR) is 550 cm³/mol. The first-order chi connectivity index (χ1) is 63.8. The zero-order valence-electron chi connectivity index (χ0n) is 84.2. The van der Waals surface area contributed by atoms with E-state index in [1.807, 2.05) is 13.0 Å². The van der Waals surface area contributed by atoms with Gasteiger partial charge in [-0.1, -0.05) is 185 Å². The summed E-state index contributed by atoms with van der Waals surface area (Å²) >= 11 is 0. The SMILES string of the molecule is CCc1ccc2c(n1)oc1c(-c3ccc(C(C)C)c[n+]3C)c(C)ccc12.Cc1ccc2c(n1)oc1c(-c3ccc(C(C)C)c[n+]3C)c(C)ccc12.Cc1ccc2c(oc3nc(C(C)(C)C)ccc32)c1-c1ccc(C(C)C)c[n+]1C.Cc1ccc2c(oc3nc(C(C)C)ccc32)c1-c1ccc(C(C)C)c[n+]1C.Cc1ccc2c(oc3nc(CC(C)C)ccc32)c1-c1ccc(C(C)C)c[n+]1C. The number of aromatic nitrogens is 10. The van der Waals surface area contributed by atoms with Gasteiger partial charge in [-0.3, -0.25) is 0 Å². The van der Waals surface area contributed by atoms with E-state index < -0.39 is 0 Å². The molecule has 15 heteroatoms. The number of hydrogen-bond acceptors (Lipinski definition) is 10. The van der Waals surface area contributed by atoms with Gasteiger partial charge < -0.3 is 22.1 Å². The second-order valence-electron chi connectivity index (χ2n) is 40.4. The van der Waals surface area contributed by atoms with E-state index in [9.17, 15) is 0 Å². The molecule has 0 saturated heterocycles. The summed E-state index contributed by atoms with van der Waals surface area (Å²) in [5.41, 5.74) is 37.7. The molecule has 0 saturated carbocycles. The second kappa shape index (κ2) is 37.9. The Morgan fingerprint density at radius 3 is 0.791 bits per heavy atom. The van der Waals surface area contributed by atoms with Crippen molar-refractivity contribution >= 4 is 110 Å². The number of aryl methyl sites for hydroxylation is 12. The van der Waals surface area contributed by atoms with Gasteiger partial charge in [-0.2, -0.15) is 0 Å². The quantitative estimate of drug-likeness (QED) is 0.0963. The molecule has 684 valence electrons. The van der Waals surface area contributed by atoms with Crippen LogP contribution in [0.5, 0.6) is 0 Å². The van der Waals surface area contributed by atoms with Gasteiger partial charge in [0, 0.05) is 146 Å². The van der Waals surface area contributed by atoms with Gasteiger partial charge in [-0.05, 0) is 215 Å². The molecule has 5 aromatic carbocycles. The van der Waals surface area contributed by atoms with Crippen LogP contribution >= 0.6 is 0 Å². The Hall–Kier alpha value is -13.4. The molecular formula is C119H133N10O5+5. The van der Waals surface area contributed by atoms with E-state index in [1.54, 1.807) is 0 Å². The van der Waals surface area contributed by atoms with E-state index in [1.165, 1.54) is 55.6 Å². The van der Waals surface area contributed by atoms with E-state index in [4.69, 9.17) is 37.0 Å². The minimum Gasteiger partial charge on any atom is -0.437 e. The van der Waals surface area contributed by atoms with Crippen LogP contribution in [0, 0.1) is 47.5 Å². The van der Waals surface area contributed by atoms with Crippen LogP contribution in [0.2, 0.25) is 0 Å². The van der Waals surface area contributed by atoms with Crippen LogP contribution in [0.3, 0.4) is 0 Å². The molecule has 15 nitrogen and oxygen atoms in total. The third-order valence-corrected chi connectivity index (χ3v) is 26.6. The minimum atomic E-state index is -0.00890. The lowest BCUT2D eigenvalue weighted by Gasteiger charge is -2.16. The van der Waals surface area contributed by atoms with E-state index in [-0.39, 0.29) is 5.41 Å². The van der Waals surface area contributed by atoms with Crippen LogP contribution in [0.15, 0.2) is 235 Å². The third-order valence-electron chi connectivity index (χ3n) is 26.6. The van der Waals surface area contributed by atoms with Gasteiger partial charge >= 0.3 is 0 Å². The number of pyridine rings is 10. The average Bonchev–Trinajstić information content (AvgIpc) is 1.62.